The second kappa shape index (κ2) is 10.6. The number of para-hydroxylation sites is 1. The summed E-state index contributed by atoms with van der Waals surface area (Å²) >= 11 is 3.57. The lowest BCUT2D eigenvalue weighted by Crippen LogP contribution is -2.45. The minimum Gasteiger partial charge on any atom is -0.490 e. The maximum absolute atomic E-state index is 12.8. The lowest BCUT2D eigenvalue weighted by Gasteiger charge is -2.32. The molecule has 4 N–H and O–H groups in total. The molecule has 0 bridgehead atoms. The minimum absolute atomic E-state index is 0.0183. The van der Waals surface area contributed by atoms with E-state index in [1.807, 2.05) is 36.4 Å². The van der Waals surface area contributed by atoms with E-state index in [0.29, 0.717) is 5.75 Å². The Morgan fingerprint density at radius 2 is 1.91 bits per heavy atom. The molecule has 2 aromatic carbocycles. The van der Waals surface area contributed by atoms with Crippen molar-refractivity contribution in [2.45, 2.75) is 44.0 Å². The normalized spacial score (nSPS) is 17.5. The maximum atomic E-state index is 12.8. The SMILES string of the molecule is O[C@@H](CNC(CCC(F)(F)F)C1CCNCC1)COc1ccc(Br)c2[nH]c3ccccc3c12. The molecule has 1 saturated heterocycles. The first-order valence-electron chi connectivity index (χ1n) is 11.3. The summed E-state index contributed by atoms with van der Waals surface area (Å²) in [6.45, 7) is 1.84. The zero-order valence-electron chi connectivity index (χ0n) is 18.2. The van der Waals surface area contributed by atoms with Gasteiger partial charge >= 0.3 is 6.18 Å². The third-order valence-electron chi connectivity index (χ3n) is 6.31. The lowest BCUT2D eigenvalue weighted by molar-refractivity contribution is -0.137. The molecule has 4 rings (SSSR count). The average molecular weight is 528 g/mol. The molecule has 5 nitrogen and oxygen atoms in total. The summed E-state index contributed by atoms with van der Waals surface area (Å²) in [6, 6.07) is 11.4. The number of hydrogen-bond acceptors (Lipinski definition) is 4. The number of aromatic amines is 1. The highest BCUT2D eigenvalue weighted by atomic mass is 79.9. The molecule has 2 atom stereocenters. The number of halogens is 4. The largest absolute Gasteiger partial charge is 0.490 e. The van der Waals surface area contributed by atoms with Crippen LogP contribution in [-0.4, -0.2) is 54.7 Å². The van der Waals surface area contributed by atoms with Crippen molar-refractivity contribution in [3.63, 3.8) is 0 Å². The molecule has 0 aliphatic carbocycles. The van der Waals surface area contributed by atoms with E-state index in [-0.39, 0.29) is 31.5 Å². The summed E-state index contributed by atoms with van der Waals surface area (Å²) in [7, 11) is 0. The second-order valence-electron chi connectivity index (χ2n) is 8.69. The van der Waals surface area contributed by atoms with E-state index in [1.165, 1.54) is 0 Å². The minimum atomic E-state index is -4.18. The van der Waals surface area contributed by atoms with Crippen LogP contribution in [0.1, 0.15) is 25.7 Å². The summed E-state index contributed by atoms with van der Waals surface area (Å²) in [5.74, 6) is 0.815. The summed E-state index contributed by atoms with van der Waals surface area (Å²) in [5.41, 5.74) is 1.90. The van der Waals surface area contributed by atoms with Crippen LogP contribution in [0.3, 0.4) is 0 Å². The van der Waals surface area contributed by atoms with Gasteiger partial charge in [-0.05, 0) is 72.4 Å². The van der Waals surface area contributed by atoms with E-state index < -0.39 is 18.7 Å². The standard InChI is InChI=1S/C24H29BrF3N3O2/c25-18-5-6-21(22-17-3-1-2-4-20(17)31-23(18)22)33-14-16(32)13-30-19(7-10-24(26,27)28)15-8-11-29-12-9-15/h1-6,15-16,19,29-32H,7-14H2/t16-,19?/m0/s1. The molecule has 1 aliphatic heterocycles. The topological polar surface area (TPSA) is 69.3 Å². The quantitative estimate of drug-likeness (QED) is 0.311. The number of hydrogen-bond donors (Lipinski definition) is 4. The van der Waals surface area contributed by atoms with E-state index in [0.717, 1.165) is 52.2 Å². The number of piperidine rings is 1. The number of nitrogens with one attached hydrogen (secondary N) is 3. The fraction of sp³-hybridized carbons (Fsp3) is 0.500. The lowest BCUT2D eigenvalue weighted by atomic mass is 9.87. The average Bonchev–Trinajstić information content (AvgIpc) is 3.19. The third kappa shape index (κ3) is 6.20. The number of aliphatic hydroxyl groups is 1. The molecule has 9 heteroatoms. The maximum Gasteiger partial charge on any atom is 0.389 e. The fourth-order valence-electron chi connectivity index (χ4n) is 4.62. The number of aliphatic hydroxyl groups excluding tert-OH is 1. The van der Waals surface area contributed by atoms with Gasteiger partial charge in [-0.3, -0.25) is 0 Å². The zero-order chi connectivity index (χ0) is 23.4. The number of fused-ring (bicyclic) bond motifs is 3. The van der Waals surface area contributed by atoms with Crippen LogP contribution in [0.4, 0.5) is 13.2 Å². The molecule has 1 aliphatic rings. The van der Waals surface area contributed by atoms with Gasteiger partial charge in [0.15, 0.2) is 0 Å². The Morgan fingerprint density at radius 1 is 1.15 bits per heavy atom. The Bertz CT molecular complexity index is 1070. The number of H-pyrrole nitrogens is 1. The molecular weight excluding hydrogens is 499 g/mol. The van der Waals surface area contributed by atoms with Crippen LogP contribution in [-0.2, 0) is 0 Å². The summed E-state index contributed by atoms with van der Waals surface area (Å²) in [4.78, 5) is 3.38. The van der Waals surface area contributed by atoms with Crippen LogP contribution in [0.5, 0.6) is 5.75 Å². The molecule has 0 saturated carbocycles. The predicted molar refractivity (Wildman–Crippen MR) is 128 cm³/mol. The van der Waals surface area contributed by atoms with Crippen LogP contribution < -0.4 is 15.4 Å². The van der Waals surface area contributed by atoms with Gasteiger partial charge in [0, 0.05) is 34.4 Å². The molecule has 3 aromatic rings. The molecule has 0 amide bonds. The van der Waals surface area contributed by atoms with Crippen molar-refractivity contribution in [1.82, 2.24) is 15.6 Å². The molecule has 0 spiro atoms. The molecule has 0 radical (unpaired) electrons. The van der Waals surface area contributed by atoms with Crippen LogP contribution in [0.15, 0.2) is 40.9 Å². The fourth-order valence-corrected chi connectivity index (χ4v) is 5.04. The van der Waals surface area contributed by atoms with Gasteiger partial charge in [-0.1, -0.05) is 18.2 Å². The Morgan fingerprint density at radius 3 is 2.67 bits per heavy atom. The van der Waals surface area contributed by atoms with Crippen LogP contribution in [0.2, 0.25) is 0 Å². The number of benzene rings is 2. The van der Waals surface area contributed by atoms with Crippen LogP contribution in [0, 0.1) is 5.92 Å². The van der Waals surface area contributed by atoms with Crippen molar-refractivity contribution in [3.8, 4) is 5.75 Å². The predicted octanol–water partition coefficient (Wildman–Crippen LogP) is 5.12. The molecule has 33 heavy (non-hydrogen) atoms. The van der Waals surface area contributed by atoms with Gasteiger partial charge in [0.2, 0.25) is 0 Å². The zero-order valence-corrected chi connectivity index (χ0v) is 19.8. The number of rotatable bonds is 9. The second-order valence-corrected chi connectivity index (χ2v) is 9.54. The van der Waals surface area contributed by atoms with Crippen molar-refractivity contribution < 1.29 is 23.0 Å². The number of alkyl halides is 3. The van der Waals surface area contributed by atoms with E-state index in [2.05, 4.69) is 31.5 Å². The molecule has 1 unspecified atom stereocenters. The number of aromatic nitrogens is 1. The van der Waals surface area contributed by atoms with Crippen molar-refractivity contribution in [3.05, 3.63) is 40.9 Å². The molecule has 1 aromatic heterocycles. The van der Waals surface area contributed by atoms with Gasteiger partial charge in [-0.25, -0.2) is 0 Å². The molecular formula is C24H29BrF3N3O2. The smallest absolute Gasteiger partial charge is 0.389 e. The van der Waals surface area contributed by atoms with E-state index >= 15 is 0 Å². The first kappa shape index (κ1) is 24.3. The Balaban J connectivity index is 1.39. The van der Waals surface area contributed by atoms with E-state index in [9.17, 15) is 18.3 Å². The Hall–Kier alpha value is -1.81. The van der Waals surface area contributed by atoms with Gasteiger partial charge in [0.1, 0.15) is 18.5 Å². The van der Waals surface area contributed by atoms with E-state index in [1.54, 1.807) is 0 Å². The molecule has 180 valence electrons. The van der Waals surface area contributed by atoms with E-state index in [4.69, 9.17) is 4.74 Å². The summed E-state index contributed by atoms with van der Waals surface area (Å²) in [5, 5.41) is 18.9. The number of ether oxygens (including phenoxy) is 1. The van der Waals surface area contributed by atoms with Gasteiger partial charge in [0.05, 0.1) is 10.9 Å². The van der Waals surface area contributed by atoms with Gasteiger partial charge in [0.25, 0.3) is 0 Å². The molecule has 2 heterocycles. The highest BCUT2D eigenvalue weighted by Gasteiger charge is 2.31. The Labute approximate surface area is 199 Å². The summed E-state index contributed by atoms with van der Waals surface area (Å²) in [6.07, 6.45) is -4.16. The molecule has 1 fully saturated rings. The van der Waals surface area contributed by atoms with Gasteiger partial charge < -0.3 is 25.5 Å². The third-order valence-corrected chi connectivity index (χ3v) is 6.97. The van der Waals surface area contributed by atoms with Crippen molar-refractivity contribution >= 4 is 37.7 Å². The highest BCUT2D eigenvalue weighted by molar-refractivity contribution is 9.10. The first-order chi connectivity index (χ1) is 15.8. The van der Waals surface area contributed by atoms with Gasteiger partial charge in [-0.2, -0.15) is 13.2 Å². The van der Waals surface area contributed by atoms with Gasteiger partial charge in [-0.15, -0.1) is 0 Å². The monoisotopic (exact) mass is 527 g/mol. The van der Waals surface area contributed by atoms with Crippen molar-refractivity contribution in [2.75, 3.05) is 26.2 Å². The highest BCUT2D eigenvalue weighted by Crippen LogP contribution is 2.37. The van der Waals surface area contributed by atoms with Crippen molar-refractivity contribution in [1.29, 1.82) is 0 Å². The first-order valence-corrected chi connectivity index (χ1v) is 12.1. The van der Waals surface area contributed by atoms with Crippen LogP contribution >= 0.6 is 15.9 Å². The van der Waals surface area contributed by atoms with Crippen molar-refractivity contribution in [2.24, 2.45) is 5.92 Å². The summed E-state index contributed by atoms with van der Waals surface area (Å²) < 4.78 is 45.3. The van der Waals surface area contributed by atoms with Crippen LogP contribution in [0.25, 0.3) is 21.8 Å². The Kier molecular flexibility index (Phi) is 7.83.